The van der Waals surface area contributed by atoms with Gasteiger partial charge in [0, 0.05) is 29.8 Å². The third-order valence-corrected chi connectivity index (χ3v) is 9.58. The second-order valence-corrected chi connectivity index (χ2v) is 11.2. The third kappa shape index (κ3) is 4.15. The number of rotatable bonds is 4. The number of fused-ring (bicyclic) bond motifs is 4. The molecular weight excluding hydrogens is 494 g/mol. The Bertz CT molecular complexity index is 1260. The highest BCUT2D eigenvalue weighted by molar-refractivity contribution is 7.99. The van der Waals surface area contributed by atoms with Crippen LogP contribution in [0.5, 0.6) is 5.75 Å². The standard InChI is InChI=1S/C27H31N3O6S/c1-34-27(33)36-16-35-25-20(31)12-14-29-24(25)26(32)28-13-5-4-11-22(28)30(29)23-18-8-3-2-7-17(18)15-37-21-10-6-9-19(21)23/h2-3,7-8,12,14,19,21-23H,4-6,9-11,13,15-16H2,1H3. The monoisotopic (exact) mass is 525 g/mol. The maximum atomic E-state index is 13.9. The Morgan fingerprint density at radius 2 is 1.95 bits per heavy atom. The Kier molecular flexibility index (Phi) is 6.52. The number of methoxy groups -OCH3 is 1. The summed E-state index contributed by atoms with van der Waals surface area (Å²) >= 11 is 2.05. The molecule has 3 aliphatic heterocycles. The van der Waals surface area contributed by atoms with E-state index >= 15 is 0 Å². The summed E-state index contributed by atoms with van der Waals surface area (Å²) in [4.78, 5) is 40.2. The zero-order valence-corrected chi connectivity index (χ0v) is 21.7. The van der Waals surface area contributed by atoms with Gasteiger partial charge in [-0.25, -0.2) is 4.79 Å². The molecule has 4 heterocycles. The molecule has 9 nitrogen and oxygen atoms in total. The van der Waals surface area contributed by atoms with E-state index in [1.807, 2.05) is 21.3 Å². The summed E-state index contributed by atoms with van der Waals surface area (Å²) < 4.78 is 16.9. The van der Waals surface area contributed by atoms with Crippen LogP contribution in [0, 0.1) is 5.92 Å². The summed E-state index contributed by atoms with van der Waals surface area (Å²) in [5.74, 6) is 1.06. The first-order chi connectivity index (χ1) is 18.1. The van der Waals surface area contributed by atoms with Crippen LogP contribution in [0.1, 0.15) is 66.2 Å². The molecule has 10 heteroatoms. The molecule has 1 amide bonds. The minimum atomic E-state index is -0.922. The Labute approximate surface area is 219 Å². The van der Waals surface area contributed by atoms with Crippen LogP contribution in [-0.4, -0.2) is 53.5 Å². The molecule has 1 saturated carbocycles. The second-order valence-electron chi connectivity index (χ2n) is 10.0. The number of benzene rings is 1. The number of nitrogens with zero attached hydrogens (tertiary/aromatic N) is 3. The first-order valence-electron chi connectivity index (χ1n) is 13.0. The van der Waals surface area contributed by atoms with Gasteiger partial charge in [-0.1, -0.05) is 30.7 Å². The van der Waals surface area contributed by atoms with Crippen molar-refractivity contribution in [2.75, 3.05) is 25.5 Å². The van der Waals surface area contributed by atoms with E-state index in [0.717, 1.165) is 31.4 Å². The Morgan fingerprint density at radius 1 is 1.08 bits per heavy atom. The van der Waals surface area contributed by atoms with Crippen LogP contribution >= 0.6 is 11.8 Å². The van der Waals surface area contributed by atoms with Crippen molar-refractivity contribution in [1.82, 2.24) is 9.58 Å². The van der Waals surface area contributed by atoms with Crippen molar-refractivity contribution < 1.29 is 23.8 Å². The van der Waals surface area contributed by atoms with Gasteiger partial charge in [0.25, 0.3) is 5.91 Å². The maximum absolute atomic E-state index is 13.9. The number of thioether (sulfide) groups is 1. The molecular formula is C27H31N3O6S. The molecule has 0 radical (unpaired) electrons. The zero-order chi connectivity index (χ0) is 25.5. The van der Waals surface area contributed by atoms with Crippen molar-refractivity contribution in [3.05, 3.63) is 63.6 Å². The van der Waals surface area contributed by atoms with Crippen LogP contribution in [-0.2, 0) is 15.2 Å². The lowest BCUT2D eigenvalue weighted by Gasteiger charge is -2.53. The van der Waals surface area contributed by atoms with Crippen molar-refractivity contribution in [2.45, 2.75) is 61.7 Å². The van der Waals surface area contributed by atoms with Crippen molar-refractivity contribution in [3.8, 4) is 5.75 Å². The van der Waals surface area contributed by atoms with E-state index in [9.17, 15) is 14.4 Å². The molecule has 196 valence electrons. The van der Waals surface area contributed by atoms with Crippen molar-refractivity contribution in [2.24, 2.45) is 5.92 Å². The molecule has 1 aromatic heterocycles. The van der Waals surface area contributed by atoms with Gasteiger partial charge in [0.2, 0.25) is 18.0 Å². The molecule has 4 atom stereocenters. The number of pyridine rings is 1. The maximum Gasteiger partial charge on any atom is 0.510 e. The van der Waals surface area contributed by atoms with E-state index in [0.29, 0.717) is 17.7 Å². The van der Waals surface area contributed by atoms with Gasteiger partial charge in [0.05, 0.1) is 13.2 Å². The van der Waals surface area contributed by atoms with Crippen LogP contribution in [0.4, 0.5) is 4.79 Å². The highest BCUT2D eigenvalue weighted by Crippen LogP contribution is 2.50. The highest BCUT2D eigenvalue weighted by atomic mass is 32.2. The average Bonchev–Trinajstić information content (AvgIpc) is 3.33. The number of carbonyl (C=O) groups excluding carboxylic acids is 2. The van der Waals surface area contributed by atoms with Gasteiger partial charge in [-0.2, -0.15) is 11.8 Å². The lowest BCUT2D eigenvalue weighted by molar-refractivity contribution is 0.0123. The number of ether oxygens (including phenoxy) is 3. The summed E-state index contributed by atoms with van der Waals surface area (Å²) in [6.45, 7) is 0.0988. The summed E-state index contributed by atoms with van der Waals surface area (Å²) in [5, 5.41) is 2.89. The van der Waals surface area contributed by atoms with Crippen LogP contribution in [0.2, 0.25) is 0 Å². The predicted molar refractivity (Wildman–Crippen MR) is 138 cm³/mol. The van der Waals surface area contributed by atoms with E-state index in [2.05, 4.69) is 34.0 Å². The minimum Gasteiger partial charge on any atom is -0.451 e. The van der Waals surface area contributed by atoms with Gasteiger partial charge >= 0.3 is 6.16 Å². The normalized spacial score (nSPS) is 26.4. The van der Waals surface area contributed by atoms with Crippen molar-refractivity contribution in [3.63, 3.8) is 0 Å². The van der Waals surface area contributed by atoms with Crippen LogP contribution < -0.4 is 15.2 Å². The number of amides is 1. The molecule has 4 aliphatic rings. The lowest BCUT2D eigenvalue weighted by atomic mass is 9.87. The quantitative estimate of drug-likeness (QED) is 0.437. The Morgan fingerprint density at radius 3 is 2.81 bits per heavy atom. The number of carbonyl (C=O) groups is 2. The van der Waals surface area contributed by atoms with E-state index in [-0.39, 0.29) is 29.6 Å². The Balaban J connectivity index is 1.50. The van der Waals surface area contributed by atoms with E-state index in [1.54, 1.807) is 6.20 Å². The summed E-state index contributed by atoms with van der Waals surface area (Å²) in [5.41, 5.74) is 2.38. The zero-order valence-electron chi connectivity index (χ0n) is 20.8. The molecule has 0 N–H and O–H groups in total. The molecule has 0 bridgehead atoms. The molecule has 2 aromatic rings. The molecule has 6 rings (SSSR count). The third-order valence-electron chi connectivity index (χ3n) is 8.09. The topological polar surface area (TPSA) is 90.3 Å². The van der Waals surface area contributed by atoms with Crippen LogP contribution in [0.25, 0.3) is 0 Å². The number of aromatic nitrogens is 1. The summed E-state index contributed by atoms with van der Waals surface area (Å²) in [6, 6.07) is 10.1. The fourth-order valence-electron chi connectivity index (χ4n) is 6.50. The molecule has 1 aliphatic carbocycles. The largest absolute Gasteiger partial charge is 0.510 e. The van der Waals surface area contributed by atoms with E-state index < -0.39 is 18.4 Å². The predicted octanol–water partition coefficient (Wildman–Crippen LogP) is 4.03. The van der Waals surface area contributed by atoms with E-state index in [4.69, 9.17) is 9.47 Å². The summed E-state index contributed by atoms with van der Waals surface area (Å²) in [6.07, 6.45) is 7.00. The average molecular weight is 526 g/mol. The summed E-state index contributed by atoms with van der Waals surface area (Å²) in [7, 11) is 1.19. The first kappa shape index (κ1) is 24.2. The smallest absolute Gasteiger partial charge is 0.451 e. The van der Waals surface area contributed by atoms with Gasteiger partial charge in [-0.3, -0.25) is 19.3 Å². The van der Waals surface area contributed by atoms with Gasteiger partial charge in [-0.05, 0) is 49.1 Å². The lowest BCUT2D eigenvalue weighted by Crippen LogP contribution is -2.64. The fourth-order valence-corrected chi connectivity index (χ4v) is 8.02. The number of hydrogen-bond acceptors (Lipinski definition) is 8. The van der Waals surface area contributed by atoms with Gasteiger partial charge in [-0.15, -0.1) is 0 Å². The van der Waals surface area contributed by atoms with Gasteiger partial charge < -0.3 is 19.1 Å². The molecule has 4 unspecified atom stereocenters. The molecule has 1 aromatic carbocycles. The molecule has 2 fully saturated rings. The molecule has 37 heavy (non-hydrogen) atoms. The van der Waals surface area contributed by atoms with Crippen LogP contribution in [0.3, 0.4) is 0 Å². The van der Waals surface area contributed by atoms with E-state index in [1.165, 1.54) is 37.1 Å². The minimum absolute atomic E-state index is 0.0535. The van der Waals surface area contributed by atoms with Gasteiger partial charge in [0.1, 0.15) is 6.17 Å². The SMILES string of the molecule is COC(=O)OCOc1c2n(ccc1=O)N(C1c3ccccc3CSC3CCCC31)C1CCCCN1C2=O. The Hall–Kier alpha value is -3.14. The highest BCUT2D eigenvalue weighted by Gasteiger charge is 2.49. The molecule has 1 saturated heterocycles. The second kappa shape index (κ2) is 9.96. The number of hydrogen-bond donors (Lipinski definition) is 0. The van der Waals surface area contributed by atoms with Crippen molar-refractivity contribution >= 4 is 23.8 Å². The fraction of sp³-hybridized carbons (Fsp3) is 0.519. The van der Waals surface area contributed by atoms with Crippen molar-refractivity contribution in [1.29, 1.82) is 0 Å². The molecule has 0 spiro atoms. The van der Waals surface area contributed by atoms with Crippen LogP contribution in [0.15, 0.2) is 41.3 Å². The number of piperidine rings is 1. The first-order valence-corrected chi connectivity index (χ1v) is 14.0. The van der Waals surface area contributed by atoms with Gasteiger partial charge in [0.15, 0.2) is 5.69 Å².